The standard InChI is InChI=1S/C11H14N4/c1-9-3-5-10(6-4-9)7-14-11(13-2)15-8-12/h3-6H,7H2,1-2H3,(H2,13,14,15). The number of aliphatic imine (C=N–C) groups is 1. The van der Waals surface area contributed by atoms with Gasteiger partial charge in [-0.2, -0.15) is 5.26 Å². The van der Waals surface area contributed by atoms with Crippen LogP contribution in [0.5, 0.6) is 0 Å². The Morgan fingerprint density at radius 3 is 2.60 bits per heavy atom. The smallest absolute Gasteiger partial charge is 0.204 e. The topological polar surface area (TPSA) is 60.2 Å². The maximum absolute atomic E-state index is 8.42. The van der Waals surface area contributed by atoms with Crippen LogP contribution in [0.4, 0.5) is 0 Å². The molecule has 0 amide bonds. The Labute approximate surface area is 89.6 Å². The van der Waals surface area contributed by atoms with Crippen molar-refractivity contribution in [1.82, 2.24) is 10.6 Å². The van der Waals surface area contributed by atoms with Gasteiger partial charge in [0.15, 0.2) is 6.19 Å². The van der Waals surface area contributed by atoms with Crippen LogP contribution in [0.25, 0.3) is 0 Å². The van der Waals surface area contributed by atoms with Crippen molar-refractivity contribution in [2.75, 3.05) is 7.05 Å². The minimum Gasteiger partial charge on any atom is -0.352 e. The molecule has 1 aromatic carbocycles. The number of guanidine groups is 1. The lowest BCUT2D eigenvalue weighted by molar-refractivity contribution is 0.879. The van der Waals surface area contributed by atoms with Gasteiger partial charge >= 0.3 is 0 Å². The highest BCUT2D eigenvalue weighted by atomic mass is 15.2. The maximum Gasteiger partial charge on any atom is 0.204 e. The van der Waals surface area contributed by atoms with E-state index in [-0.39, 0.29) is 0 Å². The fraction of sp³-hybridized carbons (Fsp3) is 0.273. The normalized spacial score (nSPS) is 10.6. The summed E-state index contributed by atoms with van der Waals surface area (Å²) in [6, 6.07) is 8.19. The van der Waals surface area contributed by atoms with Gasteiger partial charge in [0.05, 0.1) is 0 Å². The Hall–Kier alpha value is -2.02. The predicted octanol–water partition coefficient (Wildman–Crippen LogP) is 1.14. The molecule has 4 nitrogen and oxygen atoms in total. The summed E-state index contributed by atoms with van der Waals surface area (Å²) < 4.78 is 0. The molecule has 0 unspecified atom stereocenters. The first-order valence-corrected chi connectivity index (χ1v) is 4.67. The third kappa shape index (κ3) is 3.69. The van der Waals surface area contributed by atoms with Gasteiger partial charge in [-0.05, 0) is 12.5 Å². The highest BCUT2D eigenvalue weighted by Gasteiger charge is 1.96. The zero-order valence-corrected chi connectivity index (χ0v) is 8.91. The fourth-order valence-corrected chi connectivity index (χ4v) is 1.12. The molecular weight excluding hydrogens is 188 g/mol. The largest absolute Gasteiger partial charge is 0.352 e. The number of hydrogen-bond donors (Lipinski definition) is 2. The van der Waals surface area contributed by atoms with E-state index in [0.29, 0.717) is 12.5 Å². The number of nitrogens with zero attached hydrogens (tertiary/aromatic N) is 2. The quantitative estimate of drug-likeness (QED) is 0.327. The van der Waals surface area contributed by atoms with Crippen molar-refractivity contribution in [3.8, 4) is 6.19 Å². The zero-order chi connectivity index (χ0) is 11.1. The molecule has 0 radical (unpaired) electrons. The molecule has 0 fully saturated rings. The summed E-state index contributed by atoms with van der Waals surface area (Å²) in [5.41, 5.74) is 2.39. The molecular formula is C11H14N4. The van der Waals surface area contributed by atoms with E-state index in [1.54, 1.807) is 7.05 Å². The first-order chi connectivity index (χ1) is 7.26. The van der Waals surface area contributed by atoms with Gasteiger partial charge in [0, 0.05) is 13.6 Å². The third-order valence-corrected chi connectivity index (χ3v) is 1.98. The van der Waals surface area contributed by atoms with Gasteiger partial charge in [-0.1, -0.05) is 29.8 Å². The van der Waals surface area contributed by atoms with E-state index in [2.05, 4.69) is 27.8 Å². The molecule has 0 atom stereocenters. The molecule has 1 aromatic rings. The summed E-state index contributed by atoms with van der Waals surface area (Å²) in [6.45, 7) is 2.70. The number of nitrogens with one attached hydrogen (secondary N) is 2. The minimum atomic E-state index is 0.484. The molecule has 0 saturated carbocycles. The van der Waals surface area contributed by atoms with Crippen molar-refractivity contribution in [2.24, 2.45) is 4.99 Å². The molecule has 0 aliphatic heterocycles. The number of nitriles is 1. The monoisotopic (exact) mass is 202 g/mol. The molecule has 0 bridgehead atoms. The summed E-state index contributed by atoms with van der Waals surface area (Å²) in [7, 11) is 1.63. The lowest BCUT2D eigenvalue weighted by Crippen LogP contribution is -2.33. The average molecular weight is 202 g/mol. The van der Waals surface area contributed by atoms with Crippen molar-refractivity contribution in [3.05, 3.63) is 35.4 Å². The Morgan fingerprint density at radius 1 is 1.40 bits per heavy atom. The number of hydrogen-bond acceptors (Lipinski definition) is 2. The lowest BCUT2D eigenvalue weighted by Gasteiger charge is -2.06. The molecule has 0 aliphatic rings. The molecule has 1 rings (SSSR count). The van der Waals surface area contributed by atoms with Crippen molar-refractivity contribution in [2.45, 2.75) is 13.5 Å². The van der Waals surface area contributed by atoms with Gasteiger partial charge in [-0.15, -0.1) is 0 Å². The second-order valence-electron chi connectivity index (χ2n) is 3.15. The second kappa shape index (κ2) is 5.66. The van der Waals surface area contributed by atoms with E-state index in [0.717, 1.165) is 5.56 Å². The Bertz CT molecular complexity index is 373. The SMILES string of the molecule is CN=C(NC#N)NCc1ccc(C)cc1. The fourth-order valence-electron chi connectivity index (χ4n) is 1.12. The van der Waals surface area contributed by atoms with Gasteiger partial charge in [0.1, 0.15) is 0 Å². The van der Waals surface area contributed by atoms with Gasteiger partial charge in [0.2, 0.25) is 5.96 Å². The average Bonchev–Trinajstić information content (AvgIpc) is 2.26. The highest BCUT2D eigenvalue weighted by molar-refractivity contribution is 5.80. The molecule has 0 heterocycles. The predicted molar refractivity (Wildman–Crippen MR) is 60.1 cm³/mol. The second-order valence-corrected chi connectivity index (χ2v) is 3.15. The van der Waals surface area contributed by atoms with E-state index in [1.165, 1.54) is 5.56 Å². The van der Waals surface area contributed by atoms with Crippen LogP contribution in [0.1, 0.15) is 11.1 Å². The van der Waals surface area contributed by atoms with Crippen molar-refractivity contribution in [1.29, 1.82) is 5.26 Å². The van der Waals surface area contributed by atoms with Crippen LogP contribution >= 0.6 is 0 Å². The summed E-state index contributed by atoms with van der Waals surface area (Å²) in [4.78, 5) is 3.88. The van der Waals surface area contributed by atoms with Gasteiger partial charge in [-0.3, -0.25) is 10.3 Å². The summed E-state index contributed by atoms with van der Waals surface area (Å²) >= 11 is 0. The third-order valence-electron chi connectivity index (χ3n) is 1.98. The van der Waals surface area contributed by atoms with Crippen LogP contribution in [0.2, 0.25) is 0 Å². The summed E-state index contributed by atoms with van der Waals surface area (Å²) in [6.07, 6.45) is 1.82. The van der Waals surface area contributed by atoms with Crippen LogP contribution < -0.4 is 10.6 Å². The van der Waals surface area contributed by atoms with Crippen LogP contribution in [0.15, 0.2) is 29.3 Å². The Balaban J connectivity index is 2.50. The summed E-state index contributed by atoms with van der Waals surface area (Å²) in [5, 5.41) is 13.9. The molecule has 15 heavy (non-hydrogen) atoms. The molecule has 0 aromatic heterocycles. The molecule has 2 N–H and O–H groups in total. The maximum atomic E-state index is 8.42. The number of rotatable bonds is 2. The zero-order valence-electron chi connectivity index (χ0n) is 8.91. The van der Waals surface area contributed by atoms with E-state index in [1.807, 2.05) is 25.2 Å². The van der Waals surface area contributed by atoms with E-state index >= 15 is 0 Å². The van der Waals surface area contributed by atoms with Gasteiger partial charge < -0.3 is 5.32 Å². The minimum absolute atomic E-state index is 0.484. The van der Waals surface area contributed by atoms with Crippen molar-refractivity contribution < 1.29 is 0 Å². The number of aryl methyl sites for hydroxylation is 1. The first-order valence-electron chi connectivity index (χ1n) is 4.67. The van der Waals surface area contributed by atoms with E-state index < -0.39 is 0 Å². The van der Waals surface area contributed by atoms with Crippen molar-refractivity contribution >= 4 is 5.96 Å². The van der Waals surface area contributed by atoms with Crippen LogP contribution in [-0.2, 0) is 6.54 Å². The van der Waals surface area contributed by atoms with E-state index in [9.17, 15) is 0 Å². The summed E-state index contributed by atoms with van der Waals surface area (Å²) in [5.74, 6) is 0.484. The van der Waals surface area contributed by atoms with Gasteiger partial charge in [-0.25, -0.2) is 0 Å². The van der Waals surface area contributed by atoms with Crippen LogP contribution in [0.3, 0.4) is 0 Å². The molecule has 0 spiro atoms. The molecule has 78 valence electrons. The lowest BCUT2D eigenvalue weighted by atomic mass is 10.1. The van der Waals surface area contributed by atoms with Crippen LogP contribution in [0, 0.1) is 18.4 Å². The number of benzene rings is 1. The van der Waals surface area contributed by atoms with Gasteiger partial charge in [0.25, 0.3) is 0 Å². The Kier molecular flexibility index (Phi) is 4.17. The van der Waals surface area contributed by atoms with Crippen LogP contribution in [-0.4, -0.2) is 13.0 Å². The van der Waals surface area contributed by atoms with E-state index in [4.69, 9.17) is 5.26 Å². The highest BCUT2D eigenvalue weighted by Crippen LogP contribution is 2.02. The first kappa shape index (κ1) is 11.1. The van der Waals surface area contributed by atoms with Crippen molar-refractivity contribution in [3.63, 3.8) is 0 Å². The molecule has 0 aliphatic carbocycles. The molecule has 4 heteroatoms. The Morgan fingerprint density at radius 2 is 2.07 bits per heavy atom. The molecule has 0 saturated heterocycles.